The predicted molar refractivity (Wildman–Crippen MR) is 96.1 cm³/mol. The molecule has 0 spiro atoms. The van der Waals surface area contributed by atoms with Crippen LogP contribution in [-0.4, -0.2) is 24.7 Å². The number of ether oxygens (including phenoxy) is 1. The Balaban J connectivity index is 0.00000400. The number of nitrogens with zero attached hydrogens (tertiary/aromatic N) is 1. The van der Waals surface area contributed by atoms with Gasteiger partial charge in [-0.25, -0.2) is 9.79 Å². The van der Waals surface area contributed by atoms with Crippen molar-refractivity contribution in [1.82, 2.24) is 5.32 Å². The summed E-state index contributed by atoms with van der Waals surface area (Å²) in [7, 11) is 1.32. The van der Waals surface area contributed by atoms with Gasteiger partial charge in [-0.15, -0.1) is 24.0 Å². The number of methoxy groups -OCH3 is 1. The Morgan fingerprint density at radius 2 is 1.86 bits per heavy atom. The van der Waals surface area contributed by atoms with Gasteiger partial charge in [-0.3, -0.25) is 5.32 Å². The lowest BCUT2D eigenvalue weighted by atomic mass is 10.1. The van der Waals surface area contributed by atoms with Gasteiger partial charge >= 0.3 is 6.09 Å². The Kier molecular flexibility index (Phi) is 8.08. The SMILES string of the molecule is COC(=O)Nc1ccc(CN=C(N)NC(C)(C)C)cc1.I. The summed E-state index contributed by atoms with van der Waals surface area (Å²) in [6.45, 7) is 6.53. The number of amides is 1. The molecule has 0 saturated carbocycles. The fraction of sp³-hybridized carbons (Fsp3) is 0.429. The van der Waals surface area contributed by atoms with Gasteiger partial charge in [0.05, 0.1) is 13.7 Å². The fourth-order valence-electron chi connectivity index (χ4n) is 1.46. The van der Waals surface area contributed by atoms with Gasteiger partial charge in [0, 0.05) is 11.2 Å². The molecule has 0 atom stereocenters. The second-order valence-corrected chi connectivity index (χ2v) is 5.39. The number of nitrogens with two attached hydrogens (primary N) is 1. The number of anilines is 1. The molecule has 1 amide bonds. The van der Waals surface area contributed by atoms with Crippen LogP contribution in [0.15, 0.2) is 29.3 Å². The molecule has 6 nitrogen and oxygen atoms in total. The second-order valence-electron chi connectivity index (χ2n) is 5.39. The van der Waals surface area contributed by atoms with Gasteiger partial charge in [0.1, 0.15) is 0 Å². The third-order valence-electron chi connectivity index (χ3n) is 2.32. The molecular weight excluding hydrogens is 383 g/mol. The lowest BCUT2D eigenvalue weighted by molar-refractivity contribution is 0.187. The normalized spacial score (nSPS) is 11.3. The number of guanidine groups is 1. The molecule has 1 rings (SSSR count). The van der Waals surface area contributed by atoms with Crippen molar-refractivity contribution in [2.75, 3.05) is 12.4 Å². The smallest absolute Gasteiger partial charge is 0.411 e. The quantitative estimate of drug-likeness (QED) is 0.409. The lowest BCUT2D eigenvalue weighted by Gasteiger charge is -2.20. The molecule has 0 aromatic heterocycles. The molecule has 0 unspecified atom stereocenters. The molecule has 0 aliphatic rings. The van der Waals surface area contributed by atoms with Crippen molar-refractivity contribution in [3.63, 3.8) is 0 Å². The average molecular weight is 406 g/mol. The number of rotatable bonds is 3. The van der Waals surface area contributed by atoms with E-state index in [0.717, 1.165) is 5.56 Å². The van der Waals surface area contributed by atoms with Gasteiger partial charge in [0.15, 0.2) is 5.96 Å². The molecule has 0 aliphatic carbocycles. The maximum Gasteiger partial charge on any atom is 0.411 e. The van der Waals surface area contributed by atoms with E-state index in [1.807, 2.05) is 32.9 Å². The van der Waals surface area contributed by atoms with E-state index < -0.39 is 6.09 Å². The first-order valence-electron chi connectivity index (χ1n) is 6.32. The van der Waals surface area contributed by atoms with E-state index in [1.54, 1.807) is 12.1 Å². The van der Waals surface area contributed by atoms with Crippen molar-refractivity contribution in [1.29, 1.82) is 0 Å². The summed E-state index contributed by atoms with van der Waals surface area (Å²) < 4.78 is 4.51. The Morgan fingerprint density at radius 1 is 1.29 bits per heavy atom. The maximum atomic E-state index is 11.0. The zero-order valence-corrected chi connectivity index (χ0v) is 15.1. The molecule has 0 aliphatic heterocycles. The minimum Gasteiger partial charge on any atom is -0.453 e. The summed E-state index contributed by atoms with van der Waals surface area (Å²) in [6, 6.07) is 7.32. The third-order valence-corrected chi connectivity index (χ3v) is 2.32. The number of hydrogen-bond donors (Lipinski definition) is 3. The molecule has 7 heteroatoms. The van der Waals surface area contributed by atoms with Crippen LogP contribution in [0.2, 0.25) is 0 Å². The molecule has 1 aromatic carbocycles. The van der Waals surface area contributed by atoms with Crippen LogP contribution in [0.25, 0.3) is 0 Å². The number of carbonyl (C=O) groups is 1. The van der Waals surface area contributed by atoms with Gasteiger partial charge in [0.2, 0.25) is 0 Å². The van der Waals surface area contributed by atoms with Crippen LogP contribution in [-0.2, 0) is 11.3 Å². The van der Waals surface area contributed by atoms with E-state index in [9.17, 15) is 4.79 Å². The maximum absolute atomic E-state index is 11.0. The number of hydrogen-bond acceptors (Lipinski definition) is 3. The Morgan fingerprint density at radius 3 is 2.33 bits per heavy atom. The molecule has 1 aromatic rings. The van der Waals surface area contributed by atoms with Crippen LogP contribution in [0.4, 0.5) is 10.5 Å². The number of carbonyl (C=O) groups excluding carboxylic acids is 1. The van der Waals surface area contributed by atoms with E-state index in [-0.39, 0.29) is 29.5 Å². The van der Waals surface area contributed by atoms with E-state index >= 15 is 0 Å². The first-order valence-corrected chi connectivity index (χ1v) is 6.32. The number of nitrogens with one attached hydrogen (secondary N) is 2. The number of benzene rings is 1. The van der Waals surface area contributed by atoms with Crippen LogP contribution >= 0.6 is 24.0 Å². The summed E-state index contributed by atoms with van der Waals surface area (Å²) in [5.41, 5.74) is 7.35. The first kappa shape index (κ1) is 19.5. The summed E-state index contributed by atoms with van der Waals surface area (Å²) >= 11 is 0. The van der Waals surface area contributed by atoms with Crippen LogP contribution in [0.3, 0.4) is 0 Å². The largest absolute Gasteiger partial charge is 0.453 e. The zero-order chi connectivity index (χ0) is 15.2. The highest BCUT2D eigenvalue weighted by atomic mass is 127. The molecule has 0 fully saturated rings. The molecule has 0 radical (unpaired) electrons. The van der Waals surface area contributed by atoms with Gasteiger partial charge in [0.25, 0.3) is 0 Å². The van der Waals surface area contributed by atoms with Crippen molar-refractivity contribution >= 4 is 41.7 Å². The Labute approximate surface area is 142 Å². The summed E-state index contributed by atoms with van der Waals surface area (Å²) in [5, 5.41) is 5.67. The molecule has 21 heavy (non-hydrogen) atoms. The fourth-order valence-corrected chi connectivity index (χ4v) is 1.46. The second kappa shape index (κ2) is 8.71. The van der Waals surface area contributed by atoms with E-state index in [4.69, 9.17) is 5.73 Å². The summed E-state index contributed by atoms with van der Waals surface area (Å²) in [6.07, 6.45) is -0.491. The van der Waals surface area contributed by atoms with Gasteiger partial charge in [-0.2, -0.15) is 0 Å². The summed E-state index contributed by atoms with van der Waals surface area (Å²) in [4.78, 5) is 15.3. The minimum absolute atomic E-state index is 0. The van der Waals surface area contributed by atoms with Gasteiger partial charge in [-0.1, -0.05) is 12.1 Å². The molecule has 4 N–H and O–H groups in total. The van der Waals surface area contributed by atoms with Crippen LogP contribution < -0.4 is 16.4 Å². The summed E-state index contributed by atoms with van der Waals surface area (Å²) in [5.74, 6) is 0.411. The van der Waals surface area contributed by atoms with Crippen LogP contribution in [0, 0.1) is 0 Å². The third kappa shape index (κ3) is 8.38. The van der Waals surface area contributed by atoms with Crippen LogP contribution in [0.1, 0.15) is 26.3 Å². The van der Waals surface area contributed by atoms with Crippen molar-refractivity contribution in [3.05, 3.63) is 29.8 Å². The molecule has 0 saturated heterocycles. The zero-order valence-electron chi connectivity index (χ0n) is 12.8. The van der Waals surface area contributed by atoms with Gasteiger partial charge in [-0.05, 0) is 38.5 Å². The first-order chi connectivity index (χ1) is 9.30. The highest BCUT2D eigenvalue weighted by molar-refractivity contribution is 14.0. The standard InChI is InChI=1S/C14H22N4O2.HI/c1-14(2,3)18-12(15)16-9-10-5-7-11(8-6-10)17-13(19)20-4;/h5-8H,9H2,1-4H3,(H,17,19)(H3,15,16,18);1H. The minimum atomic E-state index is -0.491. The van der Waals surface area contributed by atoms with Crippen molar-refractivity contribution < 1.29 is 9.53 Å². The average Bonchev–Trinajstić information content (AvgIpc) is 2.36. The van der Waals surface area contributed by atoms with E-state index in [0.29, 0.717) is 18.2 Å². The molecule has 0 bridgehead atoms. The molecule has 118 valence electrons. The van der Waals surface area contributed by atoms with Crippen LogP contribution in [0.5, 0.6) is 0 Å². The monoisotopic (exact) mass is 406 g/mol. The highest BCUT2D eigenvalue weighted by Crippen LogP contribution is 2.10. The van der Waals surface area contributed by atoms with Crippen molar-refractivity contribution in [3.8, 4) is 0 Å². The number of halogens is 1. The number of aliphatic imine (C=N–C) groups is 1. The lowest BCUT2D eigenvalue weighted by Crippen LogP contribution is -2.44. The van der Waals surface area contributed by atoms with Crippen molar-refractivity contribution in [2.45, 2.75) is 32.9 Å². The molecule has 0 heterocycles. The van der Waals surface area contributed by atoms with E-state index in [1.165, 1.54) is 7.11 Å². The highest BCUT2D eigenvalue weighted by Gasteiger charge is 2.09. The topological polar surface area (TPSA) is 88.7 Å². The van der Waals surface area contributed by atoms with Gasteiger partial charge < -0.3 is 15.8 Å². The van der Waals surface area contributed by atoms with Crippen molar-refractivity contribution in [2.24, 2.45) is 10.7 Å². The molecular formula is C14H23IN4O2. The van der Waals surface area contributed by atoms with E-state index in [2.05, 4.69) is 20.4 Å². The predicted octanol–water partition coefficient (Wildman–Crippen LogP) is 2.69. The Bertz CT molecular complexity index is 481. The Hall–Kier alpha value is -1.51.